The number of carbonyl (C=O) groups is 1. The molecule has 0 saturated heterocycles. The first-order valence-electron chi connectivity index (χ1n) is 9.45. The predicted octanol–water partition coefficient (Wildman–Crippen LogP) is 3.87. The van der Waals surface area contributed by atoms with E-state index in [1.54, 1.807) is 12.3 Å². The van der Waals surface area contributed by atoms with Crippen molar-refractivity contribution >= 4 is 44.8 Å². The zero-order valence-electron chi connectivity index (χ0n) is 15.8. The van der Waals surface area contributed by atoms with Crippen molar-refractivity contribution < 1.29 is 14.8 Å². The highest BCUT2D eigenvalue weighted by atomic mass is 35.5. The van der Waals surface area contributed by atoms with Crippen LogP contribution in [0.15, 0.2) is 41.9 Å². The molecule has 3 atom stereocenters. The van der Waals surface area contributed by atoms with Gasteiger partial charge in [-0.25, -0.2) is 9.97 Å². The van der Waals surface area contributed by atoms with Crippen molar-refractivity contribution in [2.24, 2.45) is 0 Å². The van der Waals surface area contributed by atoms with Crippen LogP contribution >= 0.6 is 22.9 Å². The second-order valence-corrected chi connectivity index (χ2v) is 8.82. The van der Waals surface area contributed by atoms with E-state index in [0.717, 1.165) is 15.8 Å². The summed E-state index contributed by atoms with van der Waals surface area (Å²) < 4.78 is 0. The number of nitrogens with one attached hydrogen (secondary N) is 1. The Morgan fingerprint density at radius 2 is 2.27 bits per heavy atom. The quantitative estimate of drug-likeness (QED) is 0.335. The molecule has 3 aromatic rings. The average Bonchev–Trinajstić information content (AvgIpc) is 3.20. The first kappa shape index (κ1) is 20.6. The summed E-state index contributed by atoms with van der Waals surface area (Å²) in [7, 11) is 0. The molecule has 0 amide bonds. The third-order valence-electron chi connectivity index (χ3n) is 5.62. The summed E-state index contributed by atoms with van der Waals surface area (Å²) >= 11 is 8.09. The van der Waals surface area contributed by atoms with Crippen LogP contribution in [0.2, 0.25) is 0 Å². The fraction of sp³-hybridized carbons (Fsp3) is 0.350. The van der Waals surface area contributed by atoms with Crippen LogP contribution < -0.4 is 5.32 Å². The molecule has 2 aromatic heterocycles. The number of thiophene rings is 1. The zero-order valence-corrected chi connectivity index (χ0v) is 17.4. The Morgan fingerprint density at radius 1 is 1.43 bits per heavy atom. The molecule has 2 N–H and O–H groups in total. The fourth-order valence-corrected chi connectivity index (χ4v) is 5.17. The number of halogens is 1. The van der Waals surface area contributed by atoms with E-state index in [2.05, 4.69) is 15.3 Å². The van der Waals surface area contributed by atoms with Gasteiger partial charge >= 0.3 is 5.97 Å². The van der Waals surface area contributed by atoms with Crippen LogP contribution in [0, 0.1) is 10.1 Å². The number of rotatable bonds is 6. The molecule has 1 fully saturated rings. The van der Waals surface area contributed by atoms with Gasteiger partial charge < -0.3 is 10.4 Å². The Balaban J connectivity index is 1.49. The number of aliphatic carboxylic acids is 1. The molecule has 0 aliphatic heterocycles. The molecule has 30 heavy (non-hydrogen) atoms. The second kappa shape index (κ2) is 8.25. The molecule has 0 radical (unpaired) electrons. The maximum atomic E-state index is 12.3. The van der Waals surface area contributed by atoms with Crippen molar-refractivity contribution in [3.8, 4) is 0 Å². The smallest absolute Gasteiger partial charge is 0.318 e. The number of hydrogen-bond acceptors (Lipinski definition) is 7. The third kappa shape index (κ3) is 3.76. The van der Waals surface area contributed by atoms with Crippen molar-refractivity contribution in [3.63, 3.8) is 0 Å². The van der Waals surface area contributed by atoms with Crippen LogP contribution in [-0.4, -0.2) is 37.4 Å². The molecule has 1 aliphatic carbocycles. The molecule has 156 valence electrons. The molecule has 4 rings (SSSR count). The highest BCUT2D eigenvalue weighted by Gasteiger charge is 2.52. The lowest BCUT2D eigenvalue weighted by molar-refractivity contribution is -0.384. The van der Waals surface area contributed by atoms with Crippen LogP contribution in [0.4, 0.5) is 5.69 Å². The Hall–Kier alpha value is -2.62. The third-order valence-corrected chi connectivity index (χ3v) is 6.99. The number of alkyl halides is 1. The van der Waals surface area contributed by atoms with Crippen molar-refractivity contribution in [2.45, 2.75) is 42.6 Å². The summed E-state index contributed by atoms with van der Waals surface area (Å²) in [5.41, 5.74) is -0.514. The van der Waals surface area contributed by atoms with Gasteiger partial charge in [-0.1, -0.05) is 12.1 Å². The number of carboxylic acids is 1. The Morgan fingerprint density at radius 3 is 3.00 bits per heavy atom. The highest BCUT2D eigenvalue weighted by molar-refractivity contribution is 7.16. The zero-order chi connectivity index (χ0) is 21.3. The number of nitrogens with zero attached hydrogens (tertiary/aromatic N) is 3. The lowest BCUT2D eigenvalue weighted by atomic mass is 9.71. The first-order valence-corrected chi connectivity index (χ1v) is 10.8. The number of fused-ring (bicyclic) bond motifs is 1. The van der Waals surface area contributed by atoms with Crippen LogP contribution in [0.1, 0.15) is 30.7 Å². The van der Waals surface area contributed by atoms with Gasteiger partial charge in [0.05, 0.1) is 10.3 Å². The summed E-state index contributed by atoms with van der Waals surface area (Å²) in [5, 5.41) is 26.4. The SMILES string of the molecule is O=C(O)C1(c2ncc3ccsc3n2)CCC(NCc2cccc([N+](=O)[O-])c2)CC1Cl. The highest BCUT2D eigenvalue weighted by Crippen LogP contribution is 2.42. The van der Waals surface area contributed by atoms with Gasteiger partial charge in [-0.3, -0.25) is 14.9 Å². The van der Waals surface area contributed by atoms with Gasteiger partial charge in [-0.2, -0.15) is 0 Å². The number of nitro groups is 1. The maximum absolute atomic E-state index is 12.3. The van der Waals surface area contributed by atoms with Gasteiger partial charge in [0.15, 0.2) is 0 Å². The topological polar surface area (TPSA) is 118 Å². The van der Waals surface area contributed by atoms with Gasteiger partial charge in [0.2, 0.25) is 0 Å². The molecule has 8 nitrogen and oxygen atoms in total. The summed E-state index contributed by atoms with van der Waals surface area (Å²) in [4.78, 5) is 32.4. The standard InChI is InChI=1S/C20H19ClN4O4S/c21-16-9-14(22-10-12-2-1-3-15(8-12)25(28)29)4-6-20(16,19(26)27)18-23-11-13-5-7-30-17(13)24-18/h1-3,5,7-8,11,14,16,22H,4,6,9-10H2,(H,26,27). The van der Waals surface area contributed by atoms with Crippen LogP contribution in [0.5, 0.6) is 0 Å². The Bertz CT molecular complexity index is 1110. The number of carboxylic acid groups (broad SMARTS) is 1. The van der Waals surface area contributed by atoms with E-state index in [0.29, 0.717) is 25.8 Å². The van der Waals surface area contributed by atoms with E-state index in [4.69, 9.17) is 11.6 Å². The van der Waals surface area contributed by atoms with E-state index in [1.807, 2.05) is 17.5 Å². The molecule has 0 bridgehead atoms. The van der Waals surface area contributed by atoms with Gasteiger partial charge in [-0.05, 0) is 36.3 Å². The molecule has 1 aliphatic rings. The van der Waals surface area contributed by atoms with Crippen LogP contribution in [0.25, 0.3) is 10.2 Å². The number of benzene rings is 1. The summed E-state index contributed by atoms with van der Waals surface area (Å²) in [5.74, 6) is -0.766. The minimum absolute atomic E-state index is 0.00953. The molecule has 0 spiro atoms. The minimum atomic E-state index is -1.34. The molecule has 1 saturated carbocycles. The first-order chi connectivity index (χ1) is 14.4. The maximum Gasteiger partial charge on any atom is 0.318 e. The minimum Gasteiger partial charge on any atom is -0.480 e. The van der Waals surface area contributed by atoms with Crippen molar-refractivity contribution in [2.75, 3.05) is 0 Å². The van der Waals surface area contributed by atoms with Crippen molar-refractivity contribution in [1.82, 2.24) is 15.3 Å². The fourth-order valence-electron chi connectivity index (χ4n) is 3.91. The van der Waals surface area contributed by atoms with Gasteiger partial charge in [0.1, 0.15) is 16.1 Å². The predicted molar refractivity (Wildman–Crippen MR) is 114 cm³/mol. The van der Waals surface area contributed by atoms with Crippen LogP contribution in [-0.2, 0) is 16.8 Å². The second-order valence-electron chi connectivity index (χ2n) is 7.40. The number of non-ortho nitro benzene ring substituents is 1. The van der Waals surface area contributed by atoms with Gasteiger partial charge in [0, 0.05) is 36.3 Å². The van der Waals surface area contributed by atoms with Crippen molar-refractivity contribution in [1.29, 1.82) is 0 Å². The molecular formula is C20H19ClN4O4S. The average molecular weight is 447 g/mol. The summed E-state index contributed by atoms with van der Waals surface area (Å²) in [6.07, 6.45) is 2.96. The Kier molecular flexibility index (Phi) is 5.68. The largest absolute Gasteiger partial charge is 0.480 e. The molecular weight excluding hydrogens is 428 g/mol. The number of aromatic nitrogens is 2. The lowest BCUT2D eigenvalue weighted by Gasteiger charge is -2.39. The van der Waals surface area contributed by atoms with Gasteiger partial charge in [-0.15, -0.1) is 22.9 Å². The summed E-state index contributed by atoms with van der Waals surface area (Å²) in [6, 6.07) is 8.32. The molecule has 10 heteroatoms. The number of hydrogen-bond donors (Lipinski definition) is 2. The number of nitro benzene ring substituents is 1. The van der Waals surface area contributed by atoms with E-state index in [9.17, 15) is 20.0 Å². The van der Waals surface area contributed by atoms with Crippen molar-refractivity contribution in [3.05, 3.63) is 63.4 Å². The monoisotopic (exact) mass is 446 g/mol. The van der Waals surface area contributed by atoms with E-state index in [1.165, 1.54) is 23.5 Å². The normalized spacial score (nSPS) is 24.0. The molecule has 1 aromatic carbocycles. The van der Waals surface area contributed by atoms with Gasteiger partial charge in [0.25, 0.3) is 5.69 Å². The summed E-state index contributed by atoms with van der Waals surface area (Å²) in [6.45, 7) is 0.438. The van der Waals surface area contributed by atoms with Crippen LogP contribution in [0.3, 0.4) is 0 Å². The molecule has 3 unspecified atom stereocenters. The van der Waals surface area contributed by atoms with E-state index in [-0.39, 0.29) is 17.6 Å². The Labute approximate surface area is 181 Å². The molecule has 2 heterocycles. The lowest BCUT2D eigenvalue weighted by Crippen LogP contribution is -2.52. The van der Waals surface area contributed by atoms with E-state index >= 15 is 0 Å². The van der Waals surface area contributed by atoms with E-state index < -0.39 is 21.7 Å².